The quantitative estimate of drug-likeness (QED) is 0.659. The lowest BCUT2D eigenvalue weighted by atomic mass is 10.1. The fourth-order valence-electron chi connectivity index (χ4n) is 2.98. The number of carbonyl (C=O) groups is 1. The molecular formula is C21H19NO5. The Morgan fingerprint density at radius 1 is 1.19 bits per heavy atom. The van der Waals surface area contributed by atoms with Gasteiger partial charge in [-0.2, -0.15) is 0 Å². The first-order valence-corrected chi connectivity index (χ1v) is 8.65. The van der Waals surface area contributed by atoms with E-state index in [4.69, 9.17) is 18.9 Å². The second-order valence-corrected chi connectivity index (χ2v) is 6.28. The van der Waals surface area contributed by atoms with Crippen molar-refractivity contribution in [3.63, 3.8) is 0 Å². The monoisotopic (exact) mass is 365 g/mol. The van der Waals surface area contributed by atoms with E-state index in [1.165, 1.54) is 0 Å². The molecule has 0 fully saturated rings. The maximum Gasteiger partial charge on any atom is 0.340 e. The van der Waals surface area contributed by atoms with E-state index in [9.17, 15) is 4.79 Å². The Kier molecular flexibility index (Phi) is 4.54. The number of aromatic nitrogens is 1. The van der Waals surface area contributed by atoms with Gasteiger partial charge in [-0.05, 0) is 43.3 Å². The highest BCUT2D eigenvalue weighted by atomic mass is 16.6. The number of para-hydroxylation sites is 2. The average molecular weight is 365 g/mol. The zero-order valence-corrected chi connectivity index (χ0v) is 15.1. The van der Waals surface area contributed by atoms with Gasteiger partial charge in [0.05, 0.1) is 23.9 Å². The number of methoxy groups -OCH3 is 1. The van der Waals surface area contributed by atoms with Crippen LogP contribution in [-0.2, 0) is 4.74 Å². The number of hydrogen-bond donors (Lipinski definition) is 0. The summed E-state index contributed by atoms with van der Waals surface area (Å²) in [5, 5.41) is 0.818. The molecule has 0 aliphatic carbocycles. The Labute approximate surface area is 156 Å². The number of rotatable bonds is 4. The molecule has 0 radical (unpaired) electrons. The summed E-state index contributed by atoms with van der Waals surface area (Å²) in [5.41, 5.74) is 1.84. The molecule has 0 spiro atoms. The minimum absolute atomic E-state index is 0.1000. The van der Waals surface area contributed by atoms with E-state index in [1.807, 2.05) is 42.5 Å². The van der Waals surface area contributed by atoms with Crippen LogP contribution >= 0.6 is 0 Å². The molecule has 27 heavy (non-hydrogen) atoms. The van der Waals surface area contributed by atoms with E-state index in [0.717, 1.165) is 10.9 Å². The van der Waals surface area contributed by atoms with Crippen molar-refractivity contribution in [2.24, 2.45) is 0 Å². The van der Waals surface area contributed by atoms with Gasteiger partial charge in [0.2, 0.25) is 0 Å². The number of pyridine rings is 1. The molecule has 1 aliphatic rings. The second kappa shape index (κ2) is 7.15. The normalized spacial score (nSPS) is 15.4. The molecular weight excluding hydrogens is 346 g/mol. The first-order chi connectivity index (χ1) is 13.1. The standard InChI is InChI=1S/C21H19NO5/c1-13-17(10-14-9-15(24-2)7-8-18(14)22-13)21(23)26-12-16-11-25-19-5-3-4-6-20(19)27-16/h3-10,16H,11-12H2,1-2H3. The molecule has 3 aromatic rings. The highest BCUT2D eigenvalue weighted by Gasteiger charge is 2.23. The molecule has 1 atom stereocenters. The van der Waals surface area contributed by atoms with Gasteiger partial charge in [-0.15, -0.1) is 0 Å². The van der Waals surface area contributed by atoms with Crippen LogP contribution < -0.4 is 14.2 Å². The van der Waals surface area contributed by atoms with Crippen molar-refractivity contribution in [3.05, 3.63) is 59.8 Å². The van der Waals surface area contributed by atoms with Gasteiger partial charge in [0.25, 0.3) is 0 Å². The average Bonchev–Trinajstić information content (AvgIpc) is 2.71. The number of aryl methyl sites for hydroxylation is 1. The third kappa shape index (κ3) is 3.51. The van der Waals surface area contributed by atoms with E-state index in [-0.39, 0.29) is 12.7 Å². The van der Waals surface area contributed by atoms with Crippen LogP contribution in [0.4, 0.5) is 0 Å². The molecule has 2 aromatic carbocycles. The molecule has 1 aromatic heterocycles. The maximum atomic E-state index is 12.6. The summed E-state index contributed by atoms with van der Waals surface area (Å²) < 4.78 is 22.1. The largest absolute Gasteiger partial charge is 0.497 e. The van der Waals surface area contributed by atoms with Gasteiger partial charge in [-0.1, -0.05) is 12.1 Å². The van der Waals surface area contributed by atoms with Crippen LogP contribution in [0.3, 0.4) is 0 Å². The maximum absolute atomic E-state index is 12.6. The van der Waals surface area contributed by atoms with Gasteiger partial charge in [0, 0.05) is 5.39 Å². The molecule has 0 N–H and O–H groups in total. The molecule has 6 heteroatoms. The van der Waals surface area contributed by atoms with Crippen LogP contribution in [0, 0.1) is 6.92 Å². The highest BCUT2D eigenvalue weighted by Crippen LogP contribution is 2.31. The van der Waals surface area contributed by atoms with Gasteiger partial charge in [-0.3, -0.25) is 4.98 Å². The Hall–Kier alpha value is -3.28. The fraction of sp³-hybridized carbons (Fsp3) is 0.238. The minimum atomic E-state index is -0.438. The van der Waals surface area contributed by atoms with Crippen LogP contribution in [0.2, 0.25) is 0 Å². The van der Waals surface area contributed by atoms with Crippen LogP contribution in [0.25, 0.3) is 10.9 Å². The lowest BCUT2D eigenvalue weighted by Gasteiger charge is -2.26. The van der Waals surface area contributed by atoms with Crippen LogP contribution in [0.5, 0.6) is 17.2 Å². The number of esters is 1. The molecule has 0 saturated heterocycles. The minimum Gasteiger partial charge on any atom is -0.497 e. The van der Waals surface area contributed by atoms with Crippen molar-refractivity contribution in [2.75, 3.05) is 20.3 Å². The van der Waals surface area contributed by atoms with E-state index >= 15 is 0 Å². The zero-order valence-electron chi connectivity index (χ0n) is 15.1. The van der Waals surface area contributed by atoms with Crippen molar-refractivity contribution in [1.29, 1.82) is 0 Å². The van der Waals surface area contributed by atoms with Gasteiger partial charge < -0.3 is 18.9 Å². The van der Waals surface area contributed by atoms with Crippen molar-refractivity contribution >= 4 is 16.9 Å². The van der Waals surface area contributed by atoms with E-state index in [0.29, 0.717) is 35.1 Å². The second-order valence-electron chi connectivity index (χ2n) is 6.28. The van der Waals surface area contributed by atoms with E-state index in [2.05, 4.69) is 4.98 Å². The van der Waals surface area contributed by atoms with Gasteiger partial charge in [0.1, 0.15) is 19.0 Å². The first-order valence-electron chi connectivity index (χ1n) is 8.65. The van der Waals surface area contributed by atoms with Crippen LogP contribution in [-0.4, -0.2) is 37.4 Å². The smallest absolute Gasteiger partial charge is 0.340 e. The fourth-order valence-corrected chi connectivity index (χ4v) is 2.98. The molecule has 0 saturated carbocycles. The molecule has 2 heterocycles. The number of ether oxygens (including phenoxy) is 4. The Bertz CT molecular complexity index is 1000. The predicted molar refractivity (Wildman–Crippen MR) is 99.7 cm³/mol. The van der Waals surface area contributed by atoms with Gasteiger partial charge in [-0.25, -0.2) is 4.79 Å². The summed E-state index contributed by atoms with van der Waals surface area (Å²) in [5.74, 6) is 1.62. The lowest BCUT2D eigenvalue weighted by molar-refractivity contribution is 0.0109. The Morgan fingerprint density at radius 3 is 2.81 bits per heavy atom. The molecule has 4 rings (SSSR count). The van der Waals surface area contributed by atoms with Crippen molar-refractivity contribution in [3.8, 4) is 17.2 Å². The van der Waals surface area contributed by atoms with Crippen molar-refractivity contribution < 1.29 is 23.7 Å². The first kappa shape index (κ1) is 17.1. The van der Waals surface area contributed by atoms with Crippen LogP contribution in [0.15, 0.2) is 48.5 Å². The van der Waals surface area contributed by atoms with Crippen molar-refractivity contribution in [1.82, 2.24) is 4.98 Å². The third-order valence-corrected chi connectivity index (χ3v) is 4.40. The number of hydrogen-bond acceptors (Lipinski definition) is 6. The number of fused-ring (bicyclic) bond motifs is 2. The van der Waals surface area contributed by atoms with Crippen LogP contribution in [0.1, 0.15) is 16.1 Å². The molecule has 0 bridgehead atoms. The highest BCUT2D eigenvalue weighted by molar-refractivity contribution is 5.95. The SMILES string of the molecule is COc1ccc2nc(C)c(C(=O)OCC3COc4ccccc4O3)cc2c1. The Morgan fingerprint density at radius 2 is 2.00 bits per heavy atom. The summed E-state index contributed by atoms with van der Waals surface area (Å²) in [6.45, 7) is 2.22. The van der Waals surface area contributed by atoms with Gasteiger partial charge in [0.15, 0.2) is 17.6 Å². The molecule has 1 unspecified atom stereocenters. The third-order valence-electron chi connectivity index (χ3n) is 4.40. The number of nitrogens with zero attached hydrogens (tertiary/aromatic N) is 1. The molecule has 1 aliphatic heterocycles. The molecule has 6 nitrogen and oxygen atoms in total. The van der Waals surface area contributed by atoms with E-state index in [1.54, 1.807) is 20.1 Å². The Balaban J connectivity index is 1.47. The number of benzene rings is 2. The lowest BCUT2D eigenvalue weighted by Crippen LogP contribution is -2.34. The summed E-state index contributed by atoms with van der Waals surface area (Å²) in [6.07, 6.45) is -0.349. The summed E-state index contributed by atoms with van der Waals surface area (Å²) in [7, 11) is 1.60. The molecule has 138 valence electrons. The van der Waals surface area contributed by atoms with Gasteiger partial charge >= 0.3 is 5.97 Å². The predicted octanol–water partition coefficient (Wildman–Crippen LogP) is 3.55. The summed E-state index contributed by atoms with van der Waals surface area (Å²) in [6, 6.07) is 14.7. The molecule has 0 amide bonds. The summed E-state index contributed by atoms with van der Waals surface area (Å²) in [4.78, 5) is 17.0. The summed E-state index contributed by atoms with van der Waals surface area (Å²) >= 11 is 0. The van der Waals surface area contributed by atoms with E-state index < -0.39 is 5.97 Å². The topological polar surface area (TPSA) is 66.9 Å². The number of carbonyl (C=O) groups excluding carboxylic acids is 1. The van der Waals surface area contributed by atoms with Crippen molar-refractivity contribution in [2.45, 2.75) is 13.0 Å². The zero-order chi connectivity index (χ0) is 18.8.